The molecule has 0 radical (unpaired) electrons. The van der Waals surface area contributed by atoms with Gasteiger partial charge in [-0.2, -0.15) is 0 Å². The summed E-state index contributed by atoms with van der Waals surface area (Å²) >= 11 is 5.70. The summed E-state index contributed by atoms with van der Waals surface area (Å²) < 4.78 is 13.7. The Bertz CT molecular complexity index is 521. The molecule has 1 aromatic carbocycles. The van der Waals surface area contributed by atoms with Crippen molar-refractivity contribution >= 4 is 11.6 Å². The largest absolute Gasteiger partial charge is 0.271 e. The van der Waals surface area contributed by atoms with Crippen molar-refractivity contribution in [3.8, 4) is 0 Å². The van der Waals surface area contributed by atoms with Crippen molar-refractivity contribution in [2.24, 2.45) is 5.84 Å². The summed E-state index contributed by atoms with van der Waals surface area (Å²) in [6.45, 7) is 0. The maximum Gasteiger partial charge on any atom is 0.146 e. The van der Waals surface area contributed by atoms with Crippen LogP contribution in [0, 0.1) is 5.82 Å². The molecule has 0 amide bonds. The summed E-state index contributed by atoms with van der Waals surface area (Å²) in [6.07, 6.45) is 3.58. The van der Waals surface area contributed by atoms with Crippen LogP contribution in [0.1, 0.15) is 17.4 Å². The molecule has 0 aliphatic rings. The Labute approximate surface area is 109 Å². The number of benzene rings is 1. The van der Waals surface area contributed by atoms with Gasteiger partial charge in [0, 0.05) is 17.4 Å². The number of nitrogens with two attached hydrogens (primary N) is 1. The smallest absolute Gasteiger partial charge is 0.146 e. The van der Waals surface area contributed by atoms with E-state index in [0.717, 1.165) is 0 Å². The van der Waals surface area contributed by atoms with Gasteiger partial charge in [-0.3, -0.25) is 5.84 Å². The van der Waals surface area contributed by atoms with Gasteiger partial charge in [-0.05, 0) is 30.2 Å². The maximum atomic E-state index is 13.7. The van der Waals surface area contributed by atoms with Crippen LogP contribution in [0.15, 0.2) is 36.7 Å². The minimum atomic E-state index is -0.362. The van der Waals surface area contributed by atoms with Gasteiger partial charge in [-0.25, -0.2) is 19.8 Å². The second kappa shape index (κ2) is 5.86. The van der Waals surface area contributed by atoms with Crippen LogP contribution in [0.5, 0.6) is 0 Å². The lowest BCUT2D eigenvalue weighted by atomic mass is 10.1. The molecular formula is C12H12ClFN4. The number of hydrogen-bond donors (Lipinski definition) is 2. The number of nitrogens with one attached hydrogen (secondary N) is 1. The van der Waals surface area contributed by atoms with Crippen LogP contribution in [-0.2, 0) is 6.42 Å². The highest BCUT2D eigenvalue weighted by Gasteiger charge is 2.15. The molecule has 3 N–H and O–H groups in total. The quantitative estimate of drug-likeness (QED) is 0.656. The SMILES string of the molecule is NNC(Cc1ccc(Cl)cc1F)c1ncccn1. The van der Waals surface area contributed by atoms with E-state index in [1.54, 1.807) is 30.6 Å². The van der Waals surface area contributed by atoms with E-state index in [2.05, 4.69) is 15.4 Å². The number of nitrogens with zero attached hydrogens (tertiary/aromatic N) is 2. The summed E-state index contributed by atoms with van der Waals surface area (Å²) in [4.78, 5) is 8.18. The molecule has 2 aromatic rings. The average molecular weight is 267 g/mol. The lowest BCUT2D eigenvalue weighted by Gasteiger charge is -2.14. The van der Waals surface area contributed by atoms with Gasteiger partial charge in [-0.15, -0.1) is 0 Å². The molecule has 0 spiro atoms. The molecule has 0 aliphatic heterocycles. The van der Waals surface area contributed by atoms with Crippen LogP contribution in [-0.4, -0.2) is 9.97 Å². The molecule has 1 atom stereocenters. The highest BCUT2D eigenvalue weighted by molar-refractivity contribution is 6.30. The van der Waals surface area contributed by atoms with Gasteiger partial charge in [0.1, 0.15) is 11.6 Å². The summed E-state index contributed by atoms with van der Waals surface area (Å²) in [5, 5.41) is 0.365. The normalized spacial score (nSPS) is 12.4. The lowest BCUT2D eigenvalue weighted by Crippen LogP contribution is -2.31. The van der Waals surface area contributed by atoms with E-state index >= 15 is 0 Å². The van der Waals surface area contributed by atoms with Crippen molar-refractivity contribution in [1.82, 2.24) is 15.4 Å². The number of hydrazine groups is 1. The molecule has 1 unspecified atom stereocenters. The van der Waals surface area contributed by atoms with Crippen molar-refractivity contribution in [3.05, 3.63) is 58.9 Å². The molecule has 2 rings (SSSR count). The molecule has 1 aromatic heterocycles. The van der Waals surface area contributed by atoms with Gasteiger partial charge in [-0.1, -0.05) is 17.7 Å². The van der Waals surface area contributed by atoms with Gasteiger partial charge >= 0.3 is 0 Å². The van der Waals surface area contributed by atoms with Gasteiger partial charge in [0.2, 0.25) is 0 Å². The summed E-state index contributed by atoms with van der Waals surface area (Å²) in [5.74, 6) is 5.61. The summed E-state index contributed by atoms with van der Waals surface area (Å²) in [7, 11) is 0. The van der Waals surface area contributed by atoms with E-state index in [9.17, 15) is 4.39 Å². The first-order valence-electron chi connectivity index (χ1n) is 5.37. The van der Waals surface area contributed by atoms with Crippen LogP contribution in [0.4, 0.5) is 4.39 Å². The molecular weight excluding hydrogens is 255 g/mol. The Morgan fingerprint density at radius 1 is 1.33 bits per heavy atom. The summed E-state index contributed by atoms with van der Waals surface area (Å²) in [5.41, 5.74) is 3.09. The van der Waals surface area contributed by atoms with E-state index in [0.29, 0.717) is 22.8 Å². The van der Waals surface area contributed by atoms with Crippen LogP contribution < -0.4 is 11.3 Å². The van der Waals surface area contributed by atoms with Crippen molar-refractivity contribution in [2.75, 3.05) is 0 Å². The zero-order chi connectivity index (χ0) is 13.0. The highest BCUT2D eigenvalue weighted by atomic mass is 35.5. The van der Waals surface area contributed by atoms with Crippen molar-refractivity contribution in [1.29, 1.82) is 0 Å². The minimum absolute atomic E-state index is 0.345. The third kappa shape index (κ3) is 3.01. The molecule has 18 heavy (non-hydrogen) atoms. The zero-order valence-electron chi connectivity index (χ0n) is 9.48. The van der Waals surface area contributed by atoms with E-state index in [1.807, 2.05) is 0 Å². The average Bonchev–Trinajstić information content (AvgIpc) is 2.39. The Balaban J connectivity index is 2.21. The first-order chi connectivity index (χ1) is 8.70. The first-order valence-corrected chi connectivity index (χ1v) is 5.75. The second-order valence-electron chi connectivity index (χ2n) is 3.77. The van der Waals surface area contributed by atoms with E-state index in [1.165, 1.54) is 6.07 Å². The Hall–Kier alpha value is -1.56. The number of halogens is 2. The molecule has 6 heteroatoms. The molecule has 0 saturated heterocycles. The minimum Gasteiger partial charge on any atom is -0.271 e. The van der Waals surface area contributed by atoms with Crippen molar-refractivity contribution in [2.45, 2.75) is 12.5 Å². The predicted octanol–water partition coefficient (Wildman–Crippen LogP) is 2.02. The zero-order valence-corrected chi connectivity index (χ0v) is 10.2. The maximum absolute atomic E-state index is 13.7. The number of aromatic nitrogens is 2. The Morgan fingerprint density at radius 3 is 2.67 bits per heavy atom. The van der Waals surface area contributed by atoms with Crippen LogP contribution in [0.2, 0.25) is 5.02 Å². The highest BCUT2D eigenvalue weighted by Crippen LogP contribution is 2.19. The first kappa shape index (κ1) is 12.9. The third-order valence-electron chi connectivity index (χ3n) is 2.54. The lowest BCUT2D eigenvalue weighted by molar-refractivity contribution is 0.506. The van der Waals surface area contributed by atoms with Gasteiger partial charge in [0.05, 0.1) is 6.04 Å². The fourth-order valence-corrected chi connectivity index (χ4v) is 1.78. The molecule has 0 fully saturated rings. The van der Waals surface area contributed by atoms with E-state index in [4.69, 9.17) is 17.4 Å². The molecule has 1 heterocycles. The second-order valence-corrected chi connectivity index (χ2v) is 4.20. The summed E-state index contributed by atoms with van der Waals surface area (Å²) in [6, 6.07) is 5.91. The number of rotatable bonds is 4. The van der Waals surface area contributed by atoms with Crippen LogP contribution in [0.25, 0.3) is 0 Å². The fraction of sp³-hybridized carbons (Fsp3) is 0.167. The predicted molar refractivity (Wildman–Crippen MR) is 67.2 cm³/mol. The Morgan fingerprint density at radius 2 is 2.06 bits per heavy atom. The van der Waals surface area contributed by atoms with Crippen LogP contribution >= 0.6 is 11.6 Å². The van der Waals surface area contributed by atoms with Gasteiger partial charge in [0.15, 0.2) is 0 Å². The molecule has 0 aliphatic carbocycles. The third-order valence-corrected chi connectivity index (χ3v) is 2.77. The molecule has 4 nitrogen and oxygen atoms in total. The van der Waals surface area contributed by atoms with Crippen molar-refractivity contribution in [3.63, 3.8) is 0 Å². The monoisotopic (exact) mass is 266 g/mol. The van der Waals surface area contributed by atoms with Gasteiger partial charge in [0.25, 0.3) is 0 Å². The van der Waals surface area contributed by atoms with E-state index < -0.39 is 0 Å². The molecule has 94 valence electrons. The van der Waals surface area contributed by atoms with Gasteiger partial charge < -0.3 is 0 Å². The molecule has 0 bridgehead atoms. The standard InChI is InChI=1S/C12H12ClFN4/c13-9-3-2-8(10(14)7-9)6-11(18-15)12-16-4-1-5-17-12/h1-5,7,11,18H,6,15H2. The van der Waals surface area contributed by atoms with Crippen LogP contribution in [0.3, 0.4) is 0 Å². The Kier molecular flexibility index (Phi) is 4.19. The topological polar surface area (TPSA) is 63.8 Å². The number of hydrogen-bond acceptors (Lipinski definition) is 4. The van der Waals surface area contributed by atoms with Crippen molar-refractivity contribution < 1.29 is 4.39 Å². The molecule has 0 saturated carbocycles. The van der Waals surface area contributed by atoms with E-state index in [-0.39, 0.29) is 11.9 Å². The fourth-order valence-electron chi connectivity index (χ4n) is 1.62.